The van der Waals surface area contributed by atoms with Gasteiger partial charge in [-0.3, -0.25) is 0 Å². The first-order valence-electron chi connectivity index (χ1n) is 5.72. The second-order valence-corrected chi connectivity index (χ2v) is 4.92. The van der Waals surface area contributed by atoms with Gasteiger partial charge < -0.3 is 5.11 Å². The summed E-state index contributed by atoms with van der Waals surface area (Å²) in [5.41, 5.74) is 3.23. The van der Waals surface area contributed by atoms with Crippen molar-refractivity contribution in [2.45, 2.75) is 52.6 Å². The molecule has 0 amide bonds. The van der Waals surface area contributed by atoms with Crippen LogP contribution < -0.4 is 0 Å². The molecule has 15 heavy (non-hydrogen) atoms. The SMILES string of the molecule is CCCC(C)(O)Cc1cc(C)cc(C)c1. The number of aliphatic hydroxyl groups is 1. The molecule has 0 radical (unpaired) electrons. The summed E-state index contributed by atoms with van der Waals surface area (Å²) >= 11 is 0. The molecule has 0 saturated carbocycles. The average molecular weight is 206 g/mol. The van der Waals surface area contributed by atoms with Crippen LogP contribution in [0.25, 0.3) is 0 Å². The van der Waals surface area contributed by atoms with Gasteiger partial charge in [-0.2, -0.15) is 0 Å². The highest BCUT2D eigenvalue weighted by atomic mass is 16.3. The summed E-state index contributed by atoms with van der Waals surface area (Å²) in [5.74, 6) is 0. The minimum atomic E-state index is -0.561. The van der Waals surface area contributed by atoms with Crippen molar-refractivity contribution in [3.05, 3.63) is 34.9 Å². The molecular weight excluding hydrogens is 184 g/mol. The lowest BCUT2D eigenvalue weighted by atomic mass is 9.91. The Morgan fingerprint density at radius 3 is 2.13 bits per heavy atom. The van der Waals surface area contributed by atoms with Crippen molar-refractivity contribution in [3.8, 4) is 0 Å². The van der Waals surface area contributed by atoms with Crippen LogP contribution in [0.4, 0.5) is 0 Å². The van der Waals surface area contributed by atoms with Crippen LogP contribution in [0, 0.1) is 13.8 Å². The maximum atomic E-state index is 10.1. The number of hydrogen-bond donors (Lipinski definition) is 1. The van der Waals surface area contributed by atoms with Gasteiger partial charge in [-0.25, -0.2) is 0 Å². The Hall–Kier alpha value is -0.820. The lowest BCUT2D eigenvalue weighted by Crippen LogP contribution is -2.26. The number of rotatable bonds is 4. The fraction of sp³-hybridized carbons (Fsp3) is 0.571. The third-order valence-corrected chi connectivity index (χ3v) is 2.66. The van der Waals surface area contributed by atoms with E-state index in [1.165, 1.54) is 16.7 Å². The maximum Gasteiger partial charge on any atom is 0.0659 e. The molecule has 0 fully saturated rings. The summed E-state index contributed by atoms with van der Waals surface area (Å²) in [4.78, 5) is 0. The van der Waals surface area contributed by atoms with Crippen molar-refractivity contribution in [1.29, 1.82) is 0 Å². The van der Waals surface area contributed by atoms with Gasteiger partial charge in [0, 0.05) is 6.42 Å². The average Bonchev–Trinajstić information content (AvgIpc) is 1.99. The zero-order valence-electron chi connectivity index (χ0n) is 10.3. The molecule has 84 valence electrons. The molecule has 1 atom stereocenters. The summed E-state index contributed by atoms with van der Waals surface area (Å²) in [5, 5.41) is 10.1. The van der Waals surface area contributed by atoms with E-state index in [1.807, 2.05) is 6.92 Å². The Morgan fingerprint density at radius 1 is 1.13 bits per heavy atom. The highest BCUT2D eigenvalue weighted by Gasteiger charge is 2.19. The van der Waals surface area contributed by atoms with E-state index < -0.39 is 5.60 Å². The lowest BCUT2D eigenvalue weighted by molar-refractivity contribution is 0.0505. The summed E-state index contributed by atoms with van der Waals surface area (Å²) in [6.07, 6.45) is 2.64. The molecule has 1 unspecified atom stereocenters. The summed E-state index contributed by atoms with van der Waals surface area (Å²) in [7, 11) is 0. The summed E-state index contributed by atoms with van der Waals surface area (Å²) in [6, 6.07) is 6.49. The van der Waals surface area contributed by atoms with Crippen molar-refractivity contribution in [2.75, 3.05) is 0 Å². The summed E-state index contributed by atoms with van der Waals surface area (Å²) in [6.45, 7) is 8.24. The van der Waals surface area contributed by atoms with Crippen LogP contribution in [0.15, 0.2) is 18.2 Å². The van der Waals surface area contributed by atoms with Crippen molar-refractivity contribution < 1.29 is 5.11 Å². The van der Waals surface area contributed by atoms with E-state index >= 15 is 0 Å². The highest BCUT2D eigenvalue weighted by Crippen LogP contribution is 2.20. The zero-order valence-corrected chi connectivity index (χ0v) is 10.3. The molecular formula is C14H22O. The second kappa shape index (κ2) is 4.80. The van der Waals surface area contributed by atoms with E-state index in [9.17, 15) is 5.11 Å². The topological polar surface area (TPSA) is 20.2 Å². The second-order valence-electron chi connectivity index (χ2n) is 4.92. The number of benzene rings is 1. The predicted molar refractivity (Wildman–Crippen MR) is 65.2 cm³/mol. The monoisotopic (exact) mass is 206 g/mol. The Kier molecular flexibility index (Phi) is 3.92. The molecule has 1 aromatic rings. The quantitative estimate of drug-likeness (QED) is 0.800. The number of aryl methyl sites for hydroxylation is 2. The Labute approximate surface area is 93.1 Å². The molecule has 0 spiro atoms. The standard InChI is InChI=1S/C14H22O/c1-5-6-14(4,15)10-13-8-11(2)7-12(3)9-13/h7-9,15H,5-6,10H2,1-4H3. The van der Waals surface area contributed by atoms with Gasteiger partial charge in [-0.15, -0.1) is 0 Å². The van der Waals surface area contributed by atoms with Gasteiger partial charge in [0.15, 0.2) is 0 Å². The van der Waals surface area contributed by atoms with Crippen LogP contribution in [-0.4, -0.2) is 10.7 Å². The lowest BCUT2D eigenvalue weighted by Gasteiger charge is -2.23. The smallest absolute Gasteiger partial charge is 0.0659 e. The number of hydrogen-bond acceptors (Lipinski definition) is 1. The first-order chi connectivity index (χ1) is 6.93. The van der Waals surface area contributed by atoms with Crippen molar-refractivity contribution in [1.82, 2.24) is 0 Å². The van der Waals surface area contributed by atoms with Crippen LogP contribution in [0.5, 0.6) is 0 Å². The predicted octanol–water partition coefficient (Wildman–Crippen LogP) is 3.40. The molecule has 0 heterocycles. The van der Waals surface area contributed by atoms with E-state index in [4.69, 9.17) is 0 Å². The van der Waals surface area contributed by atoms with Gasteiger partial charge in [-0.05, 0) is 32.8 Å². The fourth-order valence-corrected chi connectivity index (χ4v) is 2.24. The highest BCUT2D eigenvalue weighted by molar-refractivity contribution is 5.29. The van der Waals surface area contributed by atoms with E-state index in [-0.39, 0.29) is 0 Å². The van der Waals surface area contributed by atoms with Gasteiger partial charge in [0.25, 0.3) is 0 Å². The van der Waals surface area contributed by atoms with Gasteiger partial charge in [0.05, 0.1) is 5.60 Å². The van der Waals surface area contributed by atoms with E-state index in [2.05, 4.69) is 39.0 Å². The minimum Gasteiger partial charge on any atom is -0.390 e. The molecule has 1 nitrogen and oxygen atoms in total. The van der Waals surface area contributed by atoms with Gasteiger partial charge >= 0.3 is 0 Å². The van der Waals surface area contributed by atoms with Crippen LogP contribution in [0.2, 0.25) is 0 Å². The normalized spacial score (nSPS) is 15.0. The molecule has 0 bridgehead atoms. The molecule has 0 aromatic heterocycles. The molecule has 1 N–H and O–H groups in total. The van der Waals surface area contributed by atoms with Crippen LogP contribution >= 0.6 is 0 Å². The molecule has 0 saturated heterocycles. The third kappa shape index (κ3) is 4.05. The molecule has 1 rings (SSSR count). The van der Waals surface area contributed by atoms with E-state index in [0.29, 0.717) is 0 Å². The Balaban J connectivity index is 2.80. The van der Waals surface area contributed by atoms with Gasteiger partial charge in [0.2, 0.25) is 0 Å². The van der Waals surface area contributed by atoms with Crippen LogP contribution in [0.3, 0.4) is 0 Å². The summed E-state index contributed by atoms with van der Waals surface area (Å²) < 4.78 is 0. The van der Waals surface area contributed by atoms with Gasteiger partial charge in [0.1, 0.15) is 0 Å². The van der Waals surface area contributed by atoms with Crippen LogP contribution in [0.1, 0.15) is 43.4 Å². The third-order valence-electron chi connectivity index (χ3n) is 2.66. The molecule has 1 aromatic carbocycles. The first kappa shape index (κ1) is 12.3. The zero-order chi connectivity index (χ0) is 11.5. The van der Waals surface area contributed by atoms with Crippen molar-refractivity contribution >= 4 is 0 Å². The molecule has 1 heteroatoms. The Bertz CT molecular complexity index is 306. The van der Waals surface area contributed by atoms with E-state index in [1.54, 1.807) is 0 Å². The molecule has 0 aliphatic rings. The fourth-order valence-electron chi connectivity index (χ4n) is 2.24. The molecule has 0 aliphatic heterocycles. The van der Waals surface area contributed by atoms with Crippen molar-refractivity contribution in [2.24, 2.45) is 0 Å². The van der Waals surface area contributed by atoms with E-state index in [0.717, 1.165) is 19.3 Å². The minimum absolute atomic E-state index is 0.561. The largest absolute Gasteiger partial charge is 0.390 e. The van der Waals surface area contributed by atoms with Gasteiger partial charge in [-0.1, -0.05) is 42.7 Å². The first-order valence-corrected chi connectivity index (χ1v) is 5.72. The Morgan fingerprint density at radius 2 is 1.67 bits per heavy atom. The maximum absolute atomic E-state index is 10.1. The van der Waals surface area contributed by atoms with Crippen molar-refractivity contribution in [3.63, 3.8) is 0 Å². The van der Waals surface area contributed by atoms with Crippen LogP contribution in [-0.2, 0) is 6.42 Å². The molecule has 0 aliphatic carbocycles.